The molecule has 12 heteroatoms. The zero-order valence-corrected chi connectivity index (χ0v) is 16.8. The van der Waals surface area contributed by atoms with Gasteiger partial charge in [0.1, 0.15) is 29.6 Å². The first-order chi connectivity index (χ1) is 14.6. The van der Waals surface area contributed by atoms with Crippen LogP contribution in [0.5, 0.6) is 5.75 Å². The molecule has 0 radical (unpaired) electrons. The zero-order valence-electron chi connectivity index (χ0n) is 16.8. The van der Waals surface area contributed by atoms with Crippen LogP contribution in [0.3, 0.4) is 0 Å². The van der Waals surface area contributed by atoms with Gasteiger partial charge in [0.25, 0.3) is 0 Å². The molecule has 2 heterocycles. The highest BCUT2D eigenvalue weighted by Crippen LogP contribution is 2.39. The molecule has 0 aliphatic carbocycles. The van der Waals surface area contributed by atoms with Gasteiger partial charge in [-0.05, 0) is 31.0 Å². The molecule has 2 aliphatic heterocycles. The van der Waals surface area contributed by atoms with Gasteiger partial charge in [0.2, 0.25) is 5.91 Å². The van der Waals surface area contributed by atoms with Crippen molar-refractivity contribution in [3.05, 3.63) is 29.8 Å². The van der Waals surface area contributed by atoms with Gasteiger partial charge in [-0.15, -0.1) is 0 Å². The molecule has 7 atom stereocenters. The molecule has 1 amide bonds. The highest BCUT2D eigenvalue weighted by atomic mass is 16.6. The van der Waals surface area contributed by atoms with Crippen molar-refractivity contribution in [3.8, 4) is 5.75 Å². The quantitative estimate of drug-likeness (QED) is 0.216. The van der Waals surface area contributed by atoms with Crippen LogP contribution in [-0.4, -0.2) is 97.9 Å². The van der Waals surface area contributed by atoms with Crippen molar-refractivity contribution in [1.29, 1.82) is 0 Å². The zero-order chi connectivity index (χ0) is 22.9. The number of fused-ring (bicyclic) bond motifs is 2. The third-order valence-corrected chi connectivity index (χ3v) is 5.58. The van der Waals surface area contributed by atoms with Crippen molar-refractivity contribution >= 4 is 11.9 Å². The van der Waals surface area contributed by atoms with E-state index in [1.807, 2.05) is 0 Å². The first kappa shape index (κ1) is 23.3. The van der Waals surface area contributed by atoms with Gasteiger partial charge in [0.15, 0.2) is 6.23 Å². The molecule has 1 aromatic rings. The largest absolute Gasteiger partial charge is 0.508 e. The number of aliphatic hydroxyl groups is 3. The molecule has 172 valence electrons. The van der Waals surface area contributed by atoms with E-state index in [0.717, 1.165) is 0 Å². The van der Waals surface area contributed by atoms with Crippen molar-refractivity contribution < 1.29 is 44.7 Å². The van der Waals surface area contributed by atoms with Crippen LogP contribution in [0.1, 0.15) is 12.5 Å². The molecule has 31 heavy (non-hydrogen) atoms. The van der Waals surface area contributed by atoms with E-state index in [1.165, 1.54) is 19.1 Å². The monoisotopic (exact) mass is 441 g/mol. The Hall–Kier alpha value is -2.32. The van der Waals surface area contributed by atoms with Gasteiger partial charge in [-0.1, -0.05) is 12.1 Å². The summed E-state index contributed by atoms with van der Waals surface area (Å²) in [6, 6.07) is 1.72. The van der Waals surface area contributed by atoms with Crippen LogP contribution < -0.4 is 11.1 Å². The molecule has 8 N–H and O–H groups in total. The Bertz CT molecular complexity index is 807. The third-order valence-electron chi connectivity index (χ3n) is 5.58. The number of nitrogens with zero attached hydrogens (tertiary/aromatic N) is 1. The lowest BCUT2D eigenvalue weighted by molar-refractivity contribution is -0.298. The fourth-order valence-corrected chi connectivity index (χ4v) is 3.82. The van der Waals surface area contributed by atoms with Crippen molar-refractivity contribution in [1.82, 2.24) is 10.4 Å². The van der Waals surface area contributed by atoms with E-state index in [4.69, 9.17) is 15.2 Å². The second-order valence-corrected chi connectivity index (χ2v) is 7.67. The molecular formula is C19H27N3O9. The Morgan fingerprint density at radius 2 is 1.97 bits per heavy atom. The summed E-state index contributed by atoms with van der Waals surface area (Å²) in [5, 5.41) is 54.0. The SMILES string of the molecule is CCOC(=O)C(NC(=O)[C@@H](N)Cc1ccc(O)cc1)C1[C@H](O)[C@]2(O)COC([C@@H]2O)N1O. The Morgan fingerprint density at radius 3 is 2.58 bits per heavy atom. The predicted octanol–water partition coefficient (Wildman–Crippen LogP) is -2.81. The van der Waals surface area contributed by atoms with Crippen LogP contribution in [-0.2, 0) is 25.5 Å². The summed E-state index contributed by atoms with van der Waals surface area (Å²) < 4.78 is 10.1. The first-order valence-electron chi connectivity index (χ1n) is 9.78. The number of ether oxygens (including phenoxy) is 2. The minimum absolute atomic E-state index is 0.0498. The van der Waals surface area contributed by atoms with Gasteiger partial charge in [-0.25, -0.2) is 4.79 Å². The number of benzene rings is 1. The number of esters is 1. The number of piperidine rings is 1. The molecule has 3 rings (SSSR count). The second kappa shape index (κ2) is 9.04. The van der Waals surface area contributed by atoms with Crippen LogP contribution >= 0.6 is 0 Å². The number of amides is 1. The molecule has 0 spiro atoms. The van der Waals surface area contributed by atoms with Crippen molar-refractivity contribution in [3.63, 3.8) is 0 Å². The topological polar surface area (TPSA) is 195 Å². The Labute approximate surface area is 177 Å². The van der Waals surface area contributed by atoms with Crippen LogP contribution in [0, 0.1) is 0 Å². The maximum atomic E-state index is 12.7. The number of hydrogen-bond donors (Lipinski definition) is 7. The van der Waals surface area contributed by atoms with Crippen LogP contribution in [0.25, 0.3) is 0 Å². The fraction of sp³-hybridized carbons (Fsp3) is 0.579. The number of phenolic OH excluding ortho intramolecular Hbond substituents is 1. The van der Waals surface area contributed by atoms with Crippen molar-refractivity contribution in [2.75, 3.05) is 13.2 Å². The predicted molar refractivity (Wildman–Crippen MR) is 102 cm³/mol. The van der Waals surface area contributed by atoms with E-state index in [9.17, 15) is 35.2 Å². The molecule has 12 nitrogen and oxygen atoms in total. The number of hydroxylamine groups is 2. The van der Waals surface area contributed by atoms with E-state index in [1.54, 1.807) is 12.1 Å². The molecule has 2 bridgehead atoms. The van der Waals surface area contributed by atoms with Gasteiger partial charge < -0.3 is 46.2 Å². The Balaban J connectivity index is 1.80. The molecule has 2 fully saturated rings. The maximum Gasteiger partial charge on any atom is 0.330 e. The average molecular weight is 441 g/mol. The second-order valence-electron chi connectivity index (χ2n) is 7.67. The lowest BCUT2D eigenvalue weighted by atomic mass is 9.80. The lowest BCUT2D eigenvalue weighted by Crippen LogP contribution is -2.74. The highest BCUT2D eigenvalue weighted by molar-refractivity contribution is 5.88. The number of rotatable bonds is 7. The number of carbonyl (C=O) groups is 2. The van der Waals surface area contributed by atoms with E-state index in [0.29, 0.717) is 10.6 Å². The van der Waals surface area contributed by atoms with Gasteiger partial charge in [-0.3, -0.25) is 4.79 Å². The molecule has 1 aromatic carbocycles. The number of phenols is 1. The smallest absolute Gasteiger partial charge is 0.330 e. The molecule has 3 unspecified atom stereocenters. The van der Waals surface area contributed by atoms with Gasteiger partial charge in [0.05, 0.1) is 25.3 Å². The van der Waals surface area contributed by atoms with Gasteiger partial charge >= 0.3 is 5.97 Å². The van der Waals surface area contributed by atoms with E-state index >= 15 is 0 Å². The van der Waals surface area contributed by atoms with Crippen molar-refractivity contribution in [2.45, 2.75) is 55.5 Å². The number of aliphatic hydroxyl groups excluding tert-OH is 2. The normalized spacial score (nSPS) is 32.3. The van der Waals surface area contributed by atoms with E-state index < -0.39 is 60.6 Å². The fourth-order valence-electron chi connectivity index (χ4n) is 3.82. The van der Waals surface area contributed by atoms with Gasteiger partial charge in [-0.2, -0.15) is 5.06 Å². The standard InChI is InChI=1S/C19H27N3O9/c1-2-30-18(27)12(13-14(24)19(28)8-31-17(15(19)25)22(13)29)21-16(26)11(20)7-9-3-5-10(23)6-4-9/h3-6,11-15,17,23-25,28-29H,2,7-8,20H2,1H3,(H,21,26)/t11-,12?,13?,14-,15-,17?,19+/m0/s1. The minimum atomic E-state index is -2.15. The number of hydrogen-bond acceptors (Lipinski definition) is 11. The van der Waals surface area contributed by atoms with Crippen LogP contribution in [0.15, 0.2) is 24.3 Å². The first-order valence-corrected chi connectivity index (χ1v) is 9.78. The summed E-state index contributed by atoms with van der Waals surface area (Å²) in [4.78, 5) is 25.3. The molecule has 2 aliphatic rings. The molecule has 0 saturated carbocycles. The molecular weight excluding hydrogens is 414 g/mol. The van der Waals surface area contributed by atoms with Crippen LogP contribution in [0.4, 0.5) is 0 Å². The lowest BCUT2D eigenvalue weighted by Gasteiger charge is -2.46. The van der Waals surface area contributed by atoms with Crippen LogP contribution in [0.2, 0.25) is 0 Å². The summed E-state index contributed by atoms with van der Waals surface area (Å²) >= 11 is 0. The van der Waals surface area contributed by atoms with E-state index in [2.05, 4.69) is 5.32 Å². The summed E-state index contributed by atoms with van der Waals surface area (Å²) in [7, 11) is 0. The number of carbonyl (C=O) groups excluding carboxylic acids is 2. The number of nitrogens with two attached hydrogens (primary N) is 1. The number of aromatic hydroxyl groups is 1. The highest BCUT2D eigenvalue weighted by Gasteiger charge is 2.65. The maximum absolute atomic E-state index is 12.7. The Morgan fingerprint density at radius 1 is 1.32 bits per heavy atom. The summed E-state index contributed by atoms with van der Waals surface area (Å²) in [5.74, 6) is -1.70. The average Bonchev–Trinajstić information content (AvgIpc) is 2.99. The summed E-state index contributed by atoms with van der Waals surface area (Å²) in [6.07, 6.45) is -4.85. The third kappa shape index (κ3) is 4.36. The number of nitrogens with one attached hydrogen (secondary N) is 1. The molecule has 0 aromatic heterocycles. The minimum Gasteiger partial charge on any atom is -0.508 e. The van der Waals surface area contributed by atoms with E-state index in [-0.39, 0.29) is 18.8 Å². The Kier molecular flexibility index (Phi) is 6.81. The van der Waals surface area contributed by atoms with Crippen molar-refractivity contribution in [2.24, 2.45) is 5.73 Å². The summed E-state index contributed by atoms with van der Waals surface area (Å²) in [6.45, 7) is 0.995. The summed E-state index contributed by atoms with van der Waals surface area (Å²) in [5.41, 5.74) is 4.44. The molecule has 2 saturated heterocycles. The van der Waals surface area contributed by atoms with Gasteiger partial charge in [0, 0.05) is 0 Å².